The molecule has 382 valence electrons. The van der Waals surface area contributed by atoms with Crippen LogP contribution in [-0.2, 0) is 23.8 Å². The number of carbonyl (C=O) groups excluding carboxylic acids is 2. The Hall–Kier alpha value is -1.86. The Morgan fingerprint density at radius 2 is 1.02 bits per heavy atom. The molecule has 6 N–H and O–H groups in total. The lowest BCUT2D eigenvalue weighted by atomic mass is 9.99. The number of hydrogen-bond acceptors (Lipinski definition) is 10. The van der Waals surface area contributed by atoms with E-state index in [2.05, 4.69) is 38.2 Å². The van der Waals surface area contributed by atoms with Gasteiger partial charge in [0.2, 0.25) is 5.91 Å². The maximum atomic E-state index is 13.3. The lowest BCUT2D eigenvalue weighted by molar-refractivity contribution is -0.305. The molecule has 0 spiro atoms. The van der Waals surface area contributed by atoms with Gasteiger partial charge < -0.3 is 45.1 Å². The SMILES string of the molecule is CCCCCCCC/C=C\CCCCCC(=O)OC1C(OCC(NC(=O)C(O)CCCCCCCCCCCC)C(O)/C=C/CCCCCCCCCCCCC)OC(CO)C(O)C1O. The average molecular weight is 924 g/mol. The van der Waals surface area contributed by atoms with E-state index in [0.29, 0.717) is 19.3 Å². The number of nitrogens with one attached hydrogen (secondary N) is 1. The van der Waals surface area contributed by atoms with Gasteiger partial charge in [-0.05, 0) is 51.4 Å². The fraction of sp³-hybridized carbons (Fsp3) is 0.889. The standard InChI is InChI=1S/C54H101NO10/c1-4-7-10-13-16-19-22-24-26-29-31-34-37-40-46(57)45(55-53(62)47(58)41-38-35-32-28-21-18-15-12-9-6-3)44-63-54-52(51(61)50(60)48(43-56)64-54)65-49(59)42-39-36-33-30-27-25-23-20-17-14-11-8-5-2/h25,27,37,40,45-48,50-52,54,56-58,60-61H,4-24,26,28-36,38-39,41-44H2,1-3H3,(H,55,62)/b27-25-,40-37+. The lowest BCUT2D eigenvalue weighted by Gasteiger charge is -2.41. The van der Waals surface area contributed by atoms with Gasteiger partial charge in [-0.15, -0.1) is 0 Å². The van der Waals surface area contributed by atoms with E-state index in [9.17, 15) is 35.1 Å². The van der Waals surface area contributed by atoms with Crippen LogP contribution in [0.1, 0.15) is 245 Å². The van der Waals surface area contributed by atoms with Crippen molar-refractivity contribution in [2.24, 2.45) is 0 Å². The molecule has 0 radical (unpaired) electrons. The van der Waals surface area contributed by atoms with Gasteiger partial charge in [-0.3, -0.25) is 9.59 Å². The highest BCUT2D eigenvalue weighted by Crippen LogP contribution is 2.26. The second-order valence-corrected chi connectivity index (χ2v) is 19.0. The summed E-state index contributed by atoms with van der Waals surface area (Å²) < 4.78 is 17.5. The molecule has 11 heteroatoms. The van der Waals surface area contributed by atoms with Crippen LogP contribution in [0.4, 0.5) is 0 Å². The molecule has 1 saturated heterocycles. The van der Waals surface area contributed by atoms with Gasteiger partial charge in [-0.2, -0.15) is 0 Å². The van der Waals surface area contributed by atoms with Crippen molar-refractivity contribution in [2.45, 2.75) is 294 Å². The molecule has 11 nitrogen and oxygen atoms in total. The van der Waals surface area contributed by atoms with Crippen molar-refractivity contribution in [3.8, 4) is 0 Å². The molecule has 8 unspecified atom stereocenters. The first-order chi connectivity index (χ1) is 31.7. The molecule has 0 aromatic carbocycles. The normalized spacial score (nSPS) is 20.4. The van der Waals surface area contributed by atoms with E-state index in [-0.39, 0.29) is 13.0 Å². The second kappa shape index (κ2) is 43.4. The summed E-state index contributed by atoms with van der Waals surface area (Å²) in [6, 6.07) is -1.02. The van der Waals surface area contributed by atoms with E-state index in [1.165, 1.54) is 135 Å². The quantitative estimate of drug-likeness (QED) is 0.0196. The molecule has 0 bridgehead atoms. The fourth-order valence-electron chi connectivity index (χ4n) is 8.47. The molecule has 1 fully saturated rings. The molecule has 65 heavy (non-hydrogen) atoms. The molecule has 1 rings (SSSR count). The van der Waals surface area contributed by atoms with Crippen LogP contribution < -0.4 is 5.32 Å². The van der Waals surface area contributed by atoms with Gasteiger partial charge in [-0.1, -0.05) is 212 Å². The maximum absolute atomic E-state index is 13.3. The van der Waals surface area contributed by atoms with Gasteiger partial charge in [0.15, 0.2) is 12.4 Å². The van der Waals surface area contributed by atoms with Crippen molar-refractivity contribution >= 4 is 11.9 Å². The Morgan fingerprint density at radius 1 is 0.585 bits per heavy atom. The van der Waals surface area contributed by atoms with Crippen molar-refractivity contribution in [1.82, 2.24) is 5.32 Å². The third kappa shape index (κ3) is 32.5. The first-order valence-electron chi connectivity index (χ1n) is 27.1. The predicted molar refractivity (Wildman–Crippen MR) is 264 cm³/mol. The number of unbranched alkanes of at least 4 members (excludes halogenated alkanes) is 29. The summed E-state index contributed by atoms with van der Waals surface area (Å²) in [6.45, 7) is 5.74. The van der Waals surface area contributed by atoms with Crippen LogP contribution in [0.25, 0.3) is 0 Å². The van der Waals surface area contributed by atoms with E-state index < -0.39 is 67.4 Å². The first-order valence-corrected chi connectivity index (χ1v) is 27.1. The van der Waals surface area contributed by atoms with Gasteiger partial charge in [0.1, 0.15) is 24.4 Å². The minimum absolute atomic E-state index is 0.106. The second-order valence-electron chi connectivity index (χ2n) is 19.0. The lowest BCUT2D eigenvalue weighted by Crippen LogP contribution is -2.61. The Morgan fingerprint density at radius 3 is 1.49 bits per heavy atom. The van der Waals surface area contributed by atoms with Crippen molar-refractivity contribution in [3.63, 3.8) is 0 Å². The minimum Gasteiger partial charge on any atom is -0.454 e. The van der Waals surface area contributed by atoms with Crippen LogP contribution in [-0.4, -0.2) is 99.6 Å². The number of amides is 1. The zero-order valence-electron chi connectivity index (χ0n) is 41.9. The third-order valence-electron chi connectivity index (χ3n) is 12.9. The Bertz CT molecular complexity index is 1150. The number of carbonyl (C=O) groups is 2. The van der Waals surface area contributed by atoms with Gasteiger partial charge in [0.25, 0.3) is 0 Å². The van der Waals surface area contributed by atoms with Crippen molar-refractivity contribution in [1.29, 1.82) is 0 Å². The van der Waals surface area contributed by atoms with Crippen molar-refractivity contribution in [3.05, 3.63) is 24.3 Å². The summed E-state index contributed by atoms with van der Waals surface area (Å²) in [5, 5.41) is 56.6. The van der Waals surface area contributed by atoms with E-state index >= 15 is 0 Å². The number of allylic oxidation sites excluding steroid dienone is 3. The molecule has 0 aromatic rings. The number of ether oxygens (including phenoxy) is 3. The van der Waals surface area contributed by atoms with Crippen LogP contribution in [0.2, 0.25) is 0 Å². The van der Waals surface area contributed by atoms with Crippen LogP contribution in [0.3, 0.4) is 0 Å². The Balaban J connectivity index is 2.78. The Kier molecular flexibility index (Phi) is 40.9. The highest BCUT2D eigenvalue weighted by atomic mass is 16.7. The molecule has 0 aromatic heterocycles. The van der Waals surface area contributed by atoms with E-state index in [1.54, 1.807) is 6.08 Å². The van der Waals surface area contributed by atoms with Crippen molar-refractivity contribution in [2.75, 3.05) is 13.2 Å². The van der Waals surface area contributed by atoms with E-state index in [4.69, 9.17) is 14.2 Å². The van der Waals surface area contributed by atoms with Gasteiger partial charge in [-0.25, -0.2) is 0 Å². The molecule has 1 amide bonds. The van der Waals surface area contributed by atoms with Crippen molar-refractivity contribution < 1.29 is 49.3 Å². The number of aliphatic hydroxyl groups is 5. The van der Waals surface area contributed by atoms with Gasteiger partial charge in [0.05, 0.1) is 25.4 Å². The zero-order chi connectivity index (χ0) is 47.6. The zero-order valence-corrected chi connectivity index (χ0v) is 41.9. The molecular weight excluding hydrogens is 823 g/mol. The first kappa shape index (κ1) is 61.2. The highest BCUT2D eigenvalue weighted by molar-refractivity contribution is 5.80. The monoisotopic (exact) mass is 924 g/mol. The largest absolute Gasteiger partial charge is 0.454 e. The topological polar surface area (TPSA) is 175 Å². The van der Waals surface area contributed by atoms with Crippen LogP contribution >= 0.6 is 0 Å². The summed E-state index contributed by atoms with van der Waals surface area (Å²) in [5.74, 6) is -1.21. The minimum atomic E-state index is -1.61. The summed E-state index contributed by atoms with van der Waals surface area (Å²) >= 11 is 0. The van der Waals surface area contributed by atoms with Gasteiger partial charge >= 0.3 is 5.97 Å². The molecule has 1 aliphatic heterocycles. The smallest absolute Gasteiger partial charge is 0.306 e. The number of hydrogen-bond donors (Lipinski definition) is 6. The predicted octanol–water partition coefficient (Wildman–Crippen LogP) is 11.4. The summed E-state index contributed by atoms with van der Waals surface area (Å²) in [5.41, 5.74) is 0. The fourth-order valence-corrected chi connectivity index (χ4v) is 8.47. The maximum Gasteiger partial charge on any atom is 0.306 e. The average Bonchev–Trinajstić information content (AvgIpc) is 3.30. The highest BCUT2D eigenvalue weighted by Gasteiger charge is 2.47. The molecule has 0 aliphatic carbocycles. The number of rotatable bonds is 45. The van der Waals surface area contributed by atoms with Crippen LogP contribution in [0, 0.1) is 0 Å². The number of aliphatic hydroxyl groups excluding tert-OH is 5. The van der Waals surface area contributed by atoms with Crippen LogP contribution in [0.5, 0.6) is 0 Å². The number of esters is 1. The molecule has 1 aliphatic rings. The molecule has 8 atom stereocenters. The summed E-state index contributed by atoms with van der Waals surface area (Å²) in [7, 11) is 0. The molecule has 1 heterocycles. The summed E-state index contributed by atoms with van der Waals surface area (Å²) in [4.78, 5) is 26.3. The van der Waals surface area contributed by atoms with E-state index in [1.807, 2.05) is 6.08 Å². The van der Waals surface area contributed by atoms with Gasteiger partial charge in [0, 0.05) is 6.42 Å². The molecular formula is C54H101NO10. The Labute approximate surface area is 397 Å². The van der Waals surface area contributed by atoms with E-state index in [0.717, 1.165) is 64.2 Å². The third-order valence-corrected chi connectivity index (χ3v) is 12.9. The van der Waals surface area contributed by atoms with Crippen LogP contribution in [0.15, 0.2) is 24.3 Å². The molecule has 0 saturated carbocycles. The summed E-state index contributed by atoms with van der Waals surface area (Å²) in [6.07, 6.45) is 36.6.